The molecule has 0 rings (SSSR count). The molecule has 0 heterocycles. The summed E-state index contributed by atoms with van der Waals surface area (Å²) in [5, 5.41) is 0.847. The zero-order valence-electron chi connectivity index (χ0n) is 8.99. The van der Waals surface area contributed by atoms with Crippen molar-refractivity contribution < 1.29 is 18.9 Å². The summed E-state index contributed by atoms with van der Waals surface area (Å²) in [7, 11) is 1.59. The van der Waals surface area contributed by atoms with Gasteiger partial charge in [-0.2, -0.15) is 0 Å². The lowest BCUT2D eigenvalue weighted by Crippen LogP contribution is -2.22. The Morgan fingerprint density at radius 1 is 1.07 bits per heavy atom. The first-order chi connectivity index (χ1) is 6.70. The van der Waals surface area contributed by atoms with Gasteiger partial charge < -0.3 is 18.9 Å². The molecular weight excluding hydrogens is 252 g/mol. The standard InChI is InChI=1S/C9H19BrO4/c1-8(11-3)14-9(2)13-7-6-12-5-4-10/h8-9H,4-7H2,1-3H3. The first-order valence-electron chi connectivity index (χ1n) is 4.64. The van der Waals surface area contributed by atoms with E-state index in [0.717, 1.165) is 5.33 Å². The Morgan fingerprint density at radius 3 is 2.36 bits per heavy atom. The van der Waals surface area contributed by atoms with Gasteiger partial charge in [-0.3, -0.25) is 0 Å². The Bertz CT molecular complexity index is 123. The highest BCUT2D eigenvalue weighted by molar-refractivity contribution is 9.09. The minimum atomic E-state index is -0.266. The van der Waals surface area contributed by atoms with Gasteiger partial charge in [-0.15, -0.1) is 0 Å². The molecule has 86 valence electrons. The second-order valence-corrected chi connectivity index (χ2v) is 3.47. The highest BCUT2D eigenvalue weighted by atomic mass is 79.9. The summed E-state index contributed by atoms with van der Waals surface area (Å²) in [5.41, 5.74) is 0. The predicted octanol–water partition coefficient (Wildman–Crippen LogP) is 1.77. The van der Waals surface area contributed by atoms with Crippen molar-refractivity contribution in [3.05, 3.63) is 0 Å². The number of halogens is 1. The van der Waals surface area contributed by atoms with Gasteiger partial charge in [0, 0.05) is 12.4 Å². The molecule has 0 saturated carbocycles. The molecule has 4 nitrogen and oxygen atoms in total. The Hall–Kier alpha value is 0.320. The summed E-state index contributed by atoms with van der Waals surface area (Å²) >= 11 is 3.27. The fourth-order valence-electron chi connectivity index (χ4n) is 0.794. The lowest BCUT2D eigenvalue weighted by Gasteiger charge is -2.18. The van der Waals surface area contributed by atoms with Crippen LogP contribution in [0, 0.1) is 0 Å². The van der Waals surface area contributed by atoms with Crippen LogP contribution in [0.25, 0.3) is 0 Å². The fourth-order valence-corrected chi connectivity index (χ4v) is 1.02. The SMILES string of the molecule is COC(C)OC(C)OCCOCCBr. The van der Waals surface area contributed by atoms with Gasteiger partial charge in [0.15, 0.2) is 12.6 Å². The average Bonchev–Trinajstić information content (AvgIpc) is 2.17. The quantitative estimate of drug-likeness (QED) is 0.364. The van der Waals surface area contributed by atoms with Gasteiger partial charge in [-0.05, 0) is 13.8 Å². The Labute approximate surface area is 94.0 Å². The van der Waals surface area contributed by atoms with Gasteiger partial charge >= 0.3 is 0 Å². The van der Waals surface area contributed by atoms with Crippen LogP contribution in [0.15, 0.2) is 0 Å². The number of alkyl halides is 1. The summed E-state index contributed by atoms with van der Waals surface area (Å²) in [5.74, 6) is 0. The van der Waals surface area contributed by atoms with Crippen LogP contribution >= 0.6 is 15.9 Å². The van der Waals surface area contributed by atoms with Crippen molar-refractivity contribution in [2.75, 3.05) is 32.3 Å². The van der Waals surface area contributed by atoms with Crippen molar-refractivity contribution in [2.24, 2.45) is 0 Å². The highest BCUT2D eigenvalue weighted by Crippen LogP contribution is 1.99. The number of hydrogen-bond acceptors (Lipinski definition) is 4. The summed E-state index contributed by atoms with van der Waals surface area (Å²) in [6.45, 7) is 5.47. The van der Waals surface area contributed by atoms with Gasteiger partial charge in [0.25, 0.3) is 0 Å². The third-order valence-corrected chi connectivity index (χ3v) is 1.84. The van der Waals surface area contributed by atoms with Crippen LogP contribution in [0.1, 0.15) is 13.8 Å². The van der Waals surface area contributed by atoms with Gasteiger partial charge in [0.1, 0.15) is 0 Å². The molecule has 0 spiro atoms. The molecule has 0 radical (unpaired) electrons. The molecule has 0 aromatic heterocycles. The molecule has 14 heavy (non-hydrogen) atoms. The number of methoxy groups -OCH3 is 1. The summed E-state index contributed by atoms with van der Waals surface area (Å²) < 4.78 is 20.7. The minimum absolute atomic E-state index is 0.242. The average molecular weight is 271 g/mol. The highest BCUT2D eigenvalue weighted by Gasteiger charge is 2.06. The molecule has 0 fully saturated rings. The topological polar surface area (TPSA) is 36.9 Å². The zero-order valence-corrected chi connectivity index (χ0v) is 10.6. The smallest absolute Gasteiger partial charge is 0.158 e. The third-order valence-electron chi connectivity index (χ3n) is 1.52. The van der Waals surface area contributed by atoms with E-state index in [4.69, 9.17) is 18.9 Å². The maximum absolute atomic E-state index is 5.32. The van der Waals surface area contributed by atoms with Gasteiger partial charge in [0.05, 0.1) is 19.8 Å². The molecule has 2 unspecified atom stereocenters. The van der Waals surface area contributed by atoms with E-state index in [1.807, 2.05) is 13.8 Å². The Kier molecular flexibility index (Phi) is 10.1. The second-order valence-electron chi connectivity index (χ2n) is 2.68. The lowest BCUT2D eigenvalue weighted by atomic mass is 10.6. The van der Waals surface area contributed by atoms with Crippen LogP contribution in [0.3, 0.4) is 0 Å². The molecule has 5 heteroatoms. The molecule has 0 N–H and O–H groups in total. The molecule has 0 aliphatic rings. The van der Waals surface area contributed by atoms with Crippen LogP contribution in [0.5, 0.6) is 0 Å². The molecule has 0 bridgehead atoms. The van der Waals surface area contributed by atoms with Crippen molar-refractivity contribution in [1.29, 1.82) is 0 Å². The maximum atomic E-state index is 5.32. The van der Waals surface area contributed by atoms with Crippen molar-refractivity contribution >= 4 is 15.9 Å². The second kappa shape index (κ2) is 9.86. The molecule has 0 aromatic carbocycles. The summed E-state index contributed by atoms with van der Waals surface area (Å²) in [6, 6.07) is 0. The van der Waals surface area contributed by atoms with E-state index in [1.54, 1.807) is 7.11 Å². The van der Waals surface area contributed by atoms with E-state index in [-0.39, 0.29) is 12.6 Å². The summed E-state index contributed by atoms with van der Waals surface area (Å²) in [4.78, 5) is 0. The van der Waals surface area contributed by atoms with Crippen molar-refractivity contribution in [1.82, 2.24) is 0 Å². The van der Waals surface area contributed by atoms with Gasteiger partial charge in [-0.25, -0.2) is 0 Å². The Balaban J connectivity index is 3.22. The molecular formula is C9H19BrO4. The predicted molar refractivity (Wildman–Crippen MR) is 57.6 cm³/mol. The lowest BCUT2D eigenvalue weighted by molar-refractivity contribution is -0.225. The first-order valence-corrected chi connectivity index (χ1v) is 5.76. The maximum Gasteiger partial charge on any atom is 0.158 e. The number of ether oxygens (including phenoxy) is 4. The van der Waals surface area contributed by atoms with E-state index in [2.05, 4.69) is 15.9 Å². The Morgan fingerprint density at radius 2 is 1.79 bits per heavy atom. The number of rotatable bonds is 9. The van der Waals surface area contributed by atoms with Crippen molar-refractivity contribution in [2.45, 2.75) is 26.4 Å². The van der Waals surface area contributed by atoms with Gasteiger partial charge in [-0.1, -0.05) is 15.9 Å². The van der Waals surface area contributed by atoms with Crippen LogP contribution in [0.2, 0.25) is 0 Å². The fraction of sp³-hybridized carbons (Fsp3) is 1.00. The molecule has 0 aromatic rings. The molecule has 0 aliphatic heterocycles. The number of hydrogen-bond donors (Lipinski definition) is 0. The van der Waals surface area contributed by atoms with Gasteiger partial charge in [0.2, 0.25) is 0 Å². The molecule has 0 amide bonds. The molecule has 0 saturated heterocycles. The first kappa shape index (κ1) is 14.3. The van der Waals surface area contributed by atoms with Crippen molar-refractivity contribution in [3.8, 4) is 0 Å². The normalized spacial score (nSPS) is 15.4. The third kappa shape index (κ3) is 8.90. The minimum Gasteiger partial charge on any atom is -0.378 e. The molecule has 0 aliphatic carbocycles. The van der Waals surface area contributed by atoms with Crippen LogP contribution in [-0.4, -0.2) is 44.8 Å². The van der Waals surface area contributed by atoms with E-state index < -0.39 is 0 Å². The summed E-state index contributed by atoms with van der Waals surface area (Å²) in [6.07, 6.45) is -0.508. The van der Waals surface area contributed by atoms with E-state index in [9.17, 15) is 0 Å². The van der Waals surface area contributed by atoms with Crippen molar-refractivity contribution in [3.63, 3.8) is 0 Å². The monoisotopic (exact) mass is 270 g/mol. The van der Waals surface area contributed by atoms with E-state index >= 15 is 0 Å². The van der Waals surface area contributed by atoms with E-state index in [0.29, 0.717) is 19.8 Å². The van der Waals surface area contributed by atoms with Crippen LogP contribution in [-0.2, 0) is 18.9 Å². The van der Waals surface area contributed by atoms with Crippen LogP contribution < -0.4 is 0 Å². The zero-order chi connectivity index (χ0) is 10.8. The van der Waals surface area contributed by atoms with E-state index in [1.165, 1.54) is 0 Å². The van der Waals surface area contributed by atoms with Crippen LogP contribution in [0.4, 0.5) is 0 Å². The largest absolute Gasteiger partial charge is 0.378 e. The molecule has 2 atom stereocenters.